The summed E-state index contributed by atoms with van der Waals surface area (Å²) in [6.07, 6.45) is 6.00. The molecule has 8 heteroatoms. The highest BCUT2D eigenvalue weighted by Crippen LogP contribution is 2.29. The number of hydrogen-bond donors (Lipinski definition) is 1. The molecule has 1 aromatic carbocycles. The molecule has 0 fully saturated rings. The molecule has 2 rings (SSSR count). The Morgan fingerprint density at radius 3 is 2.21 bits per heavy atom. The normalized spacial score (nSPS) is 12.8. The summed E-state index contributed by atoms with van der Waals surface area (Å²) in [7, 11) is 1.39. The summed E-state index contributed by atoms with van der Waals surface area (Å²) < 4.78 is 15.9. The van der Waals surface area contributed by atoms with E-state index in [4.69, 9.17) is 14.2 Å². The van der Waals surface area contributed by atoms with Crippen molar-refractivity contribution in [1.29, 1.82) is 0 Å². The molecule has 0 radical (unpaired) electrons. The quantitative estimate of drug-likeness (QED) is 0.302. The Balaban J connectivity index is 0.00000177. The number of aromatic nitrogens is 1. The molecule has 1 amide bonds. The third-order valence-corrected chi connectivity index (χ3v) is 5.73. The maximum absolute atomic E-state index is 12.7. The molecular weight excluding hydrogens is 496 g/mol. The lowest BCUT2D eigenvalue weighted by atomic mass is 9.92. The Labute approximate surface area is 233 Å². The minimum absolute atomic E-state index is 0.102. The van der Waals surface area contributed by atoms with Crippen molar-refractivity contribution in [3.8, 4) is 11.5 Å². The lowest BCUT2D eigenvalue weighted by Crippen LogP contribution is -2.41. The first-order chi connectivity index (χ1) is 18.5. The van der Waals surface area contributed by atoms with Gasteiger partial charge in [-0.2, -0.15) is 0 Å². The number of nitrogens with zero attached hydrogens (tertiary/aromatic N) is 1. The van der Waals surface area contributed by atoms with Crippen molar-refractivity contribution in [2.75, 3.05) is 7.11 Å². The molecule has 0 aliphatic heterocycles. The van der Waals surface area contributed by atoms with Gasteiger partial charge in [0.2, 0.25) is 5.75 Å². The van der Waals surface area contributed by atoms with Gasteiger partial charge in [-0.1, -0.05) is 70.9 Å². The highest BCUT2D eigenvalue weighted by Gasteiger charge is 2.26. The smallest absolute Gasteiger partial charge is 0.328 e. The number of aryl methyl sites for hydroxylation is 1. The van der Waals surface area contributed by atoms with E-state index in [2.05, 4.69) is 62.3 Å². The van der Waals surface area contributed by atoms with E-state index in [9.17, 15) is 14.4 Å². The van der Waals surface area contributed by atoms with E-state index in [1.807, 2.05) is 13.0 Å². The predicted molar refractivity (Wildman–Crippen MR) is 153 cm³/mol. The van der Waals surface area contributed by atoms with E-state index in [0.717, 1.165) is 38.0 Å². The van der Waals surface area contributed by atoms with E-state index in [1.165, 1.54) is 38.8 Å². The zero-order valence-electron chi connectivity index (χ0n) is 24.8. The summed E-state index contributed by atoms with van der Waals surface area (Å²) in [5, 5.41) is 2.56. The van der Waals surface area contributed by atoms with Gasteiger partial charge in [-0.05, 0) is 50.5 Å². The number of ether oxygens (including phenoxy) is 3. The van der Waals surface area contributed by atoms with Crippen molar-refractivity contribution in [2.24, 2.45) is 11.8 Å². The average molecular weight is 543 g/mol. The second kappa shape index (κ2) is 18.0. The van der Waals surface area contributed by atoms with Crippen molar-refractivity contribution in [3.05, 3.63) is 53.9 Å². The predicted octanol–water partition coefficient (Wildman–Crippen LogP) is 6.17. The number of amides is 1. The molecule has 39 heavy (non-hydrogen) atoms. The van der Waals surface area contributed by atoms with Gasteiger partial charge in [0.05, 0.1) is 13.2 Å². The summed E-state index contributed by atoms with van der Waals surface area (Å²) in [4.78, 5) is 40.8. The topological polar surface area (TPSA) is 104 Å². The average Bonchev–Trinajstić information content (AvgIpc) is 2.88. The van der Waals surface area contributed by atoms with Gasteiger partial charge in [0.1, 0.15) is 6.04 Å². The molecule has 0 aliphatic carbocycles. The standard InChI is InChI=1S/C27H36N2O6.C4H10/c1-6-21(13-10-14-22-11-8-7-9-12-22)17-18(2)34-27(32)19(3)29-26(31)24-25(35-20(4)30)23(33-5)15-16-28-24;1-4(2)3/h7-9,11-12,15-16,18-19,21H,6,10,13-14,17H2,1-5H3,(H,29,31);4H,1-3H3. The maximum atomic E-state index is 12.7. The van der Waals surface area contributed by atoms with Crippen molar-refractivity contribution in [3.63, 3.8) is 0 Å². The summed E-state index contributed by atoms with van der Waals surface area (Å²) in [6, 6.07) is 10.9. The molecular formula is C31H46N2O6. The van der Waals surface area contributed by atoms with E-state index in [-0.39, 0.29) is 23.3 Å². The van der Waals surface area contributed by atoms with Gasteiger partial charge in [-0.15, -0.1) is 0 Å². The van der Waals surface area contributed by atoms with Gasteiger partial charge in [0.25, 0.3) is 5.91 Å². The number of pyridine rings is 1. The molecule has 2 aromatic rings. The molecule has 8 nitrogen and oxygen atoms in total. The number of rotatable bonds is 13. The fourth-order valence-corrected chi connectivity index (χ4v) is 3.87. The third kappa shape index (κ3) is 13.3. The lowest BCUT2D eigenvalue weighted by molar-refractivity contribution is -0.150. The SMILES string of the molecule is CC(C)C.CCC(CCCc1ccccc1)CC(C)OC(=O)C(C)NC(=O)c1nccc(OC)c1OC(C)=O. The largest absolute Gasteiger partial charge is 0.493 e. The summed E-state index contributed by atoms with van der Waals surface area (Å²) in [5.74, 6) is -0.483. The fraction of sp³-hybridized carbons (Fsp3) is 0.548. The Morgan fingerprint density at radius 2 is 1.64 bits per heavy atom. The van der Waals surface area contributed by atoms with Crippen molar-refractivity contribution >= 4 is 17.8 Å². The molecule has 0 spiro atoms. The Morgan fingerprint density at radius 1 is 1.00 bits per heavy atom. The van der Waals surface area contributed by atoms with Crippen LogP contribution >= 0.6 is 0 Å². The van der Waals surface area contributed by atoms with Gasteiger partial charge in [-0.3, -0.25) is 9.59 Å². The number of nitrogens with one attached hydrogen (secondary N) is 1. The summed E-state index contributed by atoms with van der Waals surface area (Å²) >= 11 is 0. The van der Waals surface area contributed by atoms with E-state index in [1.54, 1.807) is 0 Å². The van der Waals surface area contributed by atoms with Crippen LogP contribution < -0.4 is 14.8 Å². The number of carbonyl (C=O) groups excluding carboxylic acids is 3. The van der Waals surface area contributed by atoms with Crippen molar-refractivity contribution in [1.82, 2.24) is 10.3 Å². The van der Waals surface area contributed by atoms with Crippen LogP contribution in [0.2, 0.25) is 0 Å². The minimum atomic E-state index is -0.915. The van der Waals surface area contributed by atoms with E-state index >= 15 is 0 Å². The number of carbonyl (C=O) groups is 3. The van der Waals surface area contributed by atoms with Crippen LogP contribution in [0.1, 0.15) is 90.2 Å². The van der Waals surface area contributed by atoms with Crippen LogP contribution in [0, 0.1) is 11.8 Å². The molecule has 0 aliphatic rings. The lowest BCUT2D eigenvalue weighted by Gasteiger charge is -2.22. The van der Waals surface area contributed by atoms with Crippen molar-refractivity contribution < 1.29 is 28.6 Å². The maximum Gasteiger partial charge on any atom is 0.328 e. The van der Waals surface area contributed by atoms with Gasteiger partial charge < -0.3 is 19.5 Å². The molecule has 0 bridgehead atoms. The van der Waals surface area contributed by atoms with Crippen LogP contribution in [-0.4, -0.2) is 42.1 Å². The molecule has 216 valence electrons. The molecule has 1 aromatic heterocycles. The van der Waals surface area contributed by atoms with Crippen LogP contribution in [0.25, 0.3) is 0 Å². The number of hydrogen-bond acceptors (Lipinski definition) is 7. The Hall–Kier alpha value is -3.42. The molecule has 3 unspecified atom stereocenters. The van der Waals surface area contributed by atoms with Crippen molar-refractivity contribution in [2.45, 2.75) is 92.7 Å². The fourth-order valence-electron chi connectivity index (χ4n) is 3.87. The number of benzene rings is 1. The minimum Gasteiger partial charge on any atom is -0.493 e. The molecule has 1 N–H and O–H groups in total. The van der Waals surface area contributed by atoms with Crippen LogP contribution in [0.3, 0.4) is 0 Å². The zero-order chi connectivity index (χ0) is 29.4. The first-order valence-electron chi connectivity index (χ1n) is 13.7. The highest BCUT2D eigenvalue weighted by atomic mass is 16.6. The third-order valence-electron chi connectivity index (χ3n) is 5.73. The summed E-state index contributed by atoms with van der Waals surface area (Å²) in [5.41, 5.74) is 1.17. The van der Waals surface area contributed by atoms with Gasteiger partial charge >= 0.3 is 11.9 Å². The highest BCUT2D eigenvalue weighted by molar-refractivity contribution is 5.98. The Kier molecular flexibility index (Phi) is 15.5. The molecule has 0 saturated heterocycles. The van der Waals surface area contributed by atoms with Crippen LogP contribution in [-0.2, 0) is 20.7 Å². The van der Waals surface area contributed by atoms with Crippen LogP contribution in [0.15, 0.2) is 42.6 Å². The second-order valence-corrected chi connectivity index (χ2v) is 10.3. The number of esters is 2. The van der Waals surface area contributed by atoms with Gasteiger partial charge in [0.15, 0.2) is 11.4 Å². The van der Waals surface area contributed by atoms with Gasteiger partial charge in [-0.25, -0.2) is 9.78 Å². The molecule has 3 atom stereocenters. The zero-order valence-corrected chi connectivity index (χ0v) is 24.8. The van der Waals surface area contributed by atoms with Gasteiger partial charge in [0, 0.05) is 19.2 Å². The van der Waals surface area contributed by atoms with Crippen LogP contribution in [0.4, 0.5) is 0 Å². The molecule has 0 saturated carbocycles. The van der Waals surface area contributed by atoms with E-state index in [0.29, 0.717) is 5.92 Å². The monoisotopic (exact) mass is 542 g/mol. The first-order valence-corrected chi connectivity index (χ1v) is 13.7. The number of methoxy groups -OCH3 is 1. The molecule has 1 heterocycles. The van der Waals surface area contributed by atoms with E-state index < -0.39 is 23.9 Å². The Bertz CT molecular complexity index is 1020. The first kappa shape index (κ1) is 33.6. The van der Waals surface area contributed by atoms with Crippen LogP contribution in [0.5, 0.6) is 11.5 Å². The second-order valence-electron chi connectivity index (χ2n) is 10.3. The summed E-state index contributed by atoms with van der Waals surface area (Å²) in [6.45, 7) is 13.3.